The first-order valence-corrected chi connectivity index (χ1v) is 13.2. The maximum absolute atomic E-state index is 12.9. The second kappa shape index (κ2) is 10.5. The predicted octanol–water partition coefficient (Wildman–Crippen LogP) is 2.92. The van der Waals surface area contributed by atoms with Crippen LogP contribution in [0.25, 0.3) is 0 Å². The molecular formula is C24H33BN2O5PS. The molecule has 3 rings (SSSR count). The van der Waals surface area contributed by atoms with Gasteiger partial charge in [-0.2, -0.15) is 4.31 Å². The number of aldehydes is 1. The third-order valence-electron chi connectivity index (χ3n) is 6.38. The van der Waals surface area contributed by atoms with Gasteiger partial charge in [0.1, 0.15) is 17.8 Å². The Morgan fingerprint density at radius 1 is 0.971 bits per heavy atom. The Hall–Kier alpha value is -1.77. The van der Waals surface area contributed by atoms with Crippen molar-refractivity contribution in [2.24, 2.45) is 0 Å². The van der Waals surface area contributed by atoms with Crippen LogP contribution in [0.2, 0.25) is 0 Å². The summed E-state index contributed by atoms with van der Waals surface area (Å²) in [7, 11) is 2.82. The van der Waals surface area contributed by atoms with Gasteiger partial charge in [0.05, 0.1) is 10.5 Å². The molecule has 1 atom stereocenters. The van der Waals surface area contributed by atoms with E-state index < -0.39 is 15.6 Å². The van der Waals surface area contributed by atoms with E-state index in [1.807, 2.05) is 20.9 Å². The predicted molar refractivity (Wildman–Crippen MR) is 139 cm³/mol. The van der Waals surface area contributed by atoms with Crippen molar-refractivity contribution in [2.75, 3.05) is 33.2 Å². The third kappa shape index (κ3) is 6.26. The molecule has 1 aliphatic rings. The molecule has 1 unspecified atom stereocenters. The van der Waals surface area contributed by atoms with Gasteiger partial charge in [-0.15, -0.1) is 9.24 Å². The molecule has 0 aliphatic carbocycles. The maximum atomic E-state index is 12.9. The Kier molecular flexibility index (Phi) is 8.26. The quantitative estimate of drug-likeness (QED) is 0.298. The fourth-order valence-electron chi connectivity index (χ4n) is 3.18. The molecule has 0 amide bonds. The molecule has 0 N–H and O–H groups in total. The molecule has 183 valence electrons. The van der Waals surface area contributed by atoms with Gasteiger partial charge in [-0.3, -0.25) is 4.79 Å². The highest BCUT2D eigenvalue weighted by atomic mass is 32.2. The molecule has 7 nitrogen and oxygen atoms in total. The molecule has 0 aromatic heterocycles. The minimum Gasteiger partial charge on any atom is -0.457 e. The van der Waals surface area contributed by atoms with Gasteiger partial charge in [0.2, 0.25) is 10.0 Å². The Bertz CT molecular complexity index is 1110. The molecule has 10 heteroatoms. The number of ether oxygens (including phenoxy) is 1. The summed E-state index contributed by atoms with van der Waals surface area (Å²) in [6.07, 6.45) is 0.757. The van der Waals surface area contributed by atoms with Crippen LogP contribution in [0.1, 0.15) is 38.1 Å². The topological polar surface area (TPSA) is 76.2 Å². The summed E-state index contributed by atoms with van der Waals surface area (Å²) in [5.41, 5.74) is 0.626. The summed E-state index contributed by atoms with van der Waals surface area (Å²) in [6, 6.07) is 11.5. The lowest BCUT2D eigenvalue weighted by atomic mass is 9.81. The van der Waals surface area contributed by atoms with Crippen molar-refractivity contribution in [3.63, 3.8) is 0 Å². The molecule has 1 aliphatic heterocycles. The van der Waals surface area contributed by atoms with Crippen LogP contribution < -0.4 is 10.2 Å². The van der Waals surface area contributed by atoms with Crippen LogP contribution in [-0.4, -0.2) is 75.4 Å². The molecule has 0 saturated carbocycles. The van der Waals surface area contributed by atoms with E-state index in [0.717, 1.165) is 6.29 Å². The Morgan fingerprint density at radius 2 is 1.56 bits per heavy atom. The van der Waals surface area contributed by atoms with Crippen molar-refractivity contribution < 1.29 is 22.6 Å². The van der Waals surface area contributed by atoms with Crippen LogP contribution in [0.4, 0.5) is 0 Å². The van der Waals surface area contributed by atoms with Gasteiger partial charge in [0, 0.05) is 36.9 Å². The van der Waals surface area contributed by atoms with E-state index in [9.17, 15) is 13.2 Å². The summed E-state index contributed by atoms with van der Waals surface area (Å²) in [4.78, 5) is 14.0. The second-order valence-electron chi connectivity index (χ2n) is 9.66. The number of sulfonamides is 1. The van der Waals surface area contributed by atoms with Gasteiger partial charge in [-0.05, 0) is 62.8 Å². The number of hydrogen-bond donors (Lipinski definition) is 0. The normalized spacial score (nSPS) is 16.3. The number of likely N-dealkylation sites (N-methyl/N-ethyl adjacent to an activating group) is 1. The number of carbonyl (C=O) groups is 1. The molecule has 1 radical (unpaired) electrons. The summed E-state index contributed by atoms with van der Waals surface area (Å²) in [5.74, 6) is 0.951. The fourth-order valence-corrected chi connectivity index (χ4v) is 4.67. The summed E-state index contributed by atoms with van der Waals surface area (Å²) in [6.45, 7) is 10.5. The van der Waals surface area contributed by atoms with E-state index in [1.54, 1.807) is 49.9 Å². The largest absolute Gasteiger partial charge is 0.457 e. The van der Waals surface area contributed by atoms with Crippen LogP contribution in [0.5, 0.6) is 11.5 Å². The number of piperazine rings is 1. The van der Waals surface area contributed by atoms with Gasteiger partial charge in [-0.1, -0.05) is 19.9 Å². The molecule has 34 heavy (non-hydrogen) atoms. The van der Waals surface area contributed by atoms with Gasteiger partial charge < -0.3 is 14.3 Å². The highest BCUT2D eigenvalue weighted by Crippen LogP contribution is 2.33. The molecule has 2 aromatic rings. The number of hydrogen-bond acceptors (Lipinski definition) is 6. The van der Waals surface area contributed by atoms with Gasteiger partial charge in [0.15, 0.2) is 0 Å². The van der Waals surface area contributed by atoms with E-state index in [-0.39, 0.29) is 10.1 Å². The van der Waals surface area contributed by atoms with Crippen LogP contribution in [0.3, 0.4) is 0 Å². The highest BCUT2D eigenvalue weighted by molar-refractivity contribution is 7.89. The number of carbonyl (C=O) groups excluding carboxylic acids is 1. The van der Waals surface area contributed by atoms with Crippen molar-refractivity contribution >= 4 is 38.5 Å². The van der Waals surface area contributed by atoms with Crippen LogP contribution >= 0.6 is 9.24 Å². The molecule has 2 aromatic carbocycles. The molecule has 0 bridgehead atoms. The SMILES string of the molecule is CN1CCN(S(=O)(=O)c2ccc(Oc3ccc([B]OC(C)(C)C(C)(C)P)c(C=O)c3)cc2)CC1. The fraction of sp³-hybridized carbons (Fsp3) is 0.458. The lowest BCUT2D eigenvalue weighted by Crippen LogP contribution is -2.46. The highest BCUT2D eigenvalue weighted by Gasteiger charge is 2.34. The zero-order valence-electron chi connectivity index (χ0n) is 20.4. The third-order valence-corrected chi connectivity index (χ3v) is 8.98. The standard InChI is InChI=1S/C24H33BN2O5PS/c1-23(2,24(3,4)33)32-25-22-11-8-20(16-18(22)17-28)31-19-6-9-21(10-7-19)34(29,30)27-14-12-26(5)13-15-27/h6-11,16-17H,12-15,33H2,1-5H3. The second-order valence-corrected chi connectivity index (χ2v) is 13.0. The van der Waals surface area contributed by atoms with Crippen molar-refractivity contribution in [2.45, 2.75) is 43.3 Å². The van der Waals surface area contributed by atoms with E-state index in [1.165, 1.54) is 4.31 Å². The Labute approximate surface area is 206 Å². The van der Waals surface area contributed by atoms with E-state index in [0.29, 0.717) is 48.7 Å². The first-order valence-electron chi connectivity index (χ1n) is 11.2. The monoisotopic (exact) mass is 503 g/mol. The van der Waals surface area contributed by atoms with Crippen molar-refractivity contribution in [1.29, 1.82) is 0 Å². The lowest BCUT2D eigenvalue weighted by molar-refractivity contribution is 0.0840. The summed E-state index contributed by atoms with van der Waals surface area (Å²) >= 11 is 0. The average molecular weight is 503 g/mol. The van der Waals surface area contributed by atoms with E-state index >= 15 is 0 Å². The number of nitrogens with zero attached hydrogens (tertiary/aromatic N) is 2. The minimum atomic E-state index is -3.54. The summed E-state index contributed by atoms with van der Waals surface area (Å²) in [5, 5.41) is -0.169. The van der Waals surface area contributed by atoms with Crippen molar-refractivity contribution in [1.82, 2.24) is 9.21 Å². The maximum Gasteiger partial charge on any atom is 0.331 e. The smallest absolute Gasteiger partial charge is 0.331 e. The van der Waals surface area contributed by atoms with Crippen LogP contribution in [-0.2, 0) is 14.7 Å². The average Bonchev–Trinajstić information content (AvgIpc) is 2.78. The lowest BCUT2D eigenvalue weighted by Gasteiger charge is -2.39. The van der Waals surface area contributed by atoms with Crippen LogP contribution in [0, 0.1) is 0 Å². The van der Waals surface area contributed by atoms with Crippen LogP contribution in [0.15, 0.2) is 47.4 Å². The molecule has 1 saturated heterocycles. The minimum absolute atomic E-state index is 0.169. The Morgan fingerprint density at radius 3 is 2.12 bits per heavy atom. The first kappa shape index (κ1) is 26.8. The van der Waals surface area contributed by atoms with Gasteiger partial charge >= 0.3 is 7.48 Å². The van der Waals surface area contributed by atoms with E-state index in [4.69, 9.17) is 9.39 Å². The molecule has 1 heterocycles. The van der Waals surface area contributed by atoms with Crippen molar-refractivity contribution in [3.8, 4) is 11.5 Å². The zero-order chi connectivity index (χ0) is 25.1. The number of rotatable bonds is 9. The van der Waals surface area contributed by atoms with Gasteiger partial charge in [-0.25, -0.2) is 8.42 Å². The molecule has 1 fully saturated rings. The number of benzene rings is 2. The zero-order valence-corrected chi connectivity index (χ0v) is 22.4. The molecule has 0 spiro atoms. The van der Waals surface area contributed by atoms with E-state index in [2.05, 4.69) is 28.0 Å². The Balaban J connectivity index is 1.69. The first-order chi connectivity index (χ1) is 15.8. The summed E-state index contributed by atoms with van der Waals surface area (Å²) < 4.78 is 39.1. The molecular weight excluding hydrogens is 470 g/mol. The van der Waals surface area contributed by atoms with Crippen molar-refractivity contribution in [3.05, 3.63) is 48.0 Å². The van der Waals surface area contributed by atoms with Gasteiger partial charge in [0.25, 0.3) is 0 Å².